The van der Waals surface area contributed by atoms with Crippen LogP contribution in [0.4, 0.5) is 0 Å². The predicted octanol–water partition coefficient (Wildman–Crippen LogP) is 2.36. The van der Waals surface area contributed by atoms with Gasteiger partial charge in [-0.25, -0.2) is 0 Å². The minimum Gasteiger partial charge on any atom is -0.0810 e. The molecule has 0 heterocycles. The third kappa shape index (κ3) is 0.288. The van der Waals surface area contributed by atoms with E-state index in [-0.39, 0.29) is 0 Å². The lowest BCUT2D eigenvalue weighted by Crippen LogP contribution is -2.22. The summed E-state index contributed by atoms with van der Waals surface area (Å²) in [5.41, 5.74) is 2.64. The van der Waals surface area contributed by atoms with E-state index in [9.17, 15) is 0 Å². The normalized spacial score (nSPS) is 59.4. The number of hydrogen-bond donors (Lipinski definition) is 0. The van der Waals surface area contributed by atoms with E-state index in [1.165, 1.54) is 12.8 Å². The van der Waals surface area contributed by atoms with Gasteiger partial charge in [-0.05, 0) is 31.1 Å². The molecular formula is C9H12. The molecule has 3 atom stereocenters. The molecular weight excluding hydrogens is 108 g/mol. The summed E-state index contributed by atoms with van der Waals surface area (Å²) in [6, 6.07) is 0. The summed E-state index contributed by atoms with van der Waals surface area (Å²) < 4.78 is 0. The van der Waals surface area contributed by atoms with E-state index >= 15 is 0 Å². The average Bonchev–Trinajstić information content (AvgIpc) is 2.52. The highest BCUT2D eigenvalue weighted by atomic mass is 14.7. The van der Waals surface area contributed by atoms with E-state index in [2.05, 4.69) is 13.0 Å². The lowest BCUT2D eigenvalue weighted by molar-refractivity contribution is 0.395. The van der Waals surface area contributed by atoms with Crippen molar-refractivity contribution in [2.24, 2.45) is 17.3 Å². The molecule has 3 unspecified atom stereocenters. The van der Waals surface area contributed by atoms with Crippen LogP contribution >= 0.6 is 0 Å². The smallest absolute Gasteiger partial charge is 0.000376 e. The predicted molar refractivity (Wildman–Crippen MR) is 37.0 cm³/mol. The molecule has 3 rings (SSSR count). The van der Waals surface area contributed by atoms with Gasteiger partial charge in [0.2, 0.25) is 0 Å². The van der Waals surface area contributed by atoms with E-state index < -0.39 is 0 Å². The molecule has 3 aliphatic carbocycles. The maximum Gasteiger partial charge on any atom is 0.000376 e. The molecule has 0 nitrogen and oxygen atoms in total. The first-order valence-corrected chi connectivity index (χ1v) is 4.05. The number of allylic oxidation sites excluding steroid dienone is 2. The van der Waals surface area contributed by atoms with Crippen molar-refractivity contribution in [3.63, 3.8) is 0 Å². The van der Waals surface area contributed by atoms with E-state index in [0.29, 0.717) is 0 Å². The third-order valence-electron chi connectivity index (χ3n) is 3.78. The molecule has 0 saturated heterocycles. The zero-order valence-corrected chi connectivity index (χ0v) is 5.85. The molecule has 0 aromatic carbocycles. The largest absolute Gasteiger partial charge is 0.0810 e. The summed E-state index contributed by atoms with van der Waals surface area (Å²) in [7, 11) is 0. The van der Waals surface area contributed by atoms with Crippen molar-refractivity contribution >= 4 is 0 Å². The monoisotopic (exact) mass is 120 g/mol. The number of hydrogen-bond acceptors (Lipinski definition) is 0. The molecule has 0 aromatic heterocycles. The fourth-order valence-electron chi connectivity index (χ4n) is 3.11. The van der Waals surface area contributed by atoms with Crippen molar-refractivity contribution in [1.29, 1.82) is 0 Å². The first-order valence-electron chi connectivity index (χ1n) is 4.05. The average molecular weight is 120 g/mol. The summed E-state index contributed by atoms with van der Waals surface area (Å²) in [6.45, 7) is 2.38. The summed E-state index contributed by atoms with van der Waals surface area (Å²) in [5.74, 6) is 2.08. The first-order chi connectivity index (χ1) is 4.34. The van der Waals surface area contributed by atoms with Gasteiger partial charge < -0.3 is 0 Å². The van der Waals surface area contributed by atoms with Crippen molar-refractivity contribution in [1.82, 2.24) is 0 Å². The molecule has 2 fully saturated rings. The second kappa shape index (κ2) is 1.00. The van der Waals surface area contributed by atoms with Crippen LogP contribution in [0, 0.1) is 17.3 Å². The van der Waals surface area contributed by atoms with Gasteiger partial charge in [0.25, 0.3) is 0 Å². The molecule has 0 aliphatic heterocycles. The highest BCUT2D eigenvalue weighted by molar-refractivity contribution is 5.41. The second-order valence-corrected chi connectivity index (χ2v) is 3.96. The van der Waals surface area contributed by atoms with Crippen LogP contribution in [-0.2, 0) is 0 Å². The van der Waals surface area contributed by atoms with Crippen LogP contribution in [0.1, 0.15) is 26.2 Å². The van der Waals surface area contributed by atoms with Crippen LogP contribution in [0.2, 0.25) is 0 Å². The first kappa shape index (κ1) is 4.54. The Kier molecular flexibility index (Phi) is 0.505. The second-order valence-electron chi connectivity index (χ2n) is 3.96. The van der Waals surface area contributed by atoms with Crippen LogP contribution in [-0.4, -0.2) is 0 Å². The Bertz CT molecular complexity index is 202. The van der Waals surface area contributed by atoms with Crippen molar-refractivity contribution in [3.05, 3.63) is 11.6 Å². The van der Waals surface area contributed by atoms with Gasteiger partial charge in [-0.15, -0.1) is 0 Å². The molecule has 0 amide bonds. The summed E-state index contributed by atoms with van der Waals surface area (Å²) in [5, 5.41) is 0. The van der Waals surface area contributed by atoms with Gasteiger partial charge in [-0.1, -0.05) is 18.6 Å². The Balaban J connectivity index is 2.13. The standard InChI is InChI=1S/C9H12/c1-6-4-7-2-3-8-5-9(6,7)8/h4,6,8H,2-3,5H2,1H3. The van der Waals surface area contributed by atoms with Crippen LogP contribution in [0.3, 0.4) is 0 Å². The van der Waals surface area contributed by atoms with Gasteiger partial charge in [-0.2, -0.15) is 0 Å². The van der Waals surface area contributed by atoms with Gasteiger partial charge in [0.15, 0.2) is 0 Å². The van der Waals surface area contributed by atoms with Crippen LogP contribution in [0.25, 0.3) is 0 Å². The van der Waals surface area contributed by atoms with Gasteiger partial charge in [0.05, 0.1) is 0 Å². The van der Waals surface area contributed by atoms with E-state index in [4.69, 9.17) is 0 Å². The summed E-state index contributed by atoms with van der Waals surface area (Å²) in [6.07, 6.45) is 6.98. The summed E-state index contributed by atoms with van der Waals surface area (Å²) >= 11 is 0. The topological polar surface area (TPSA) is 0 Å². The lowest BCUT2D eigenvalue weighted by atomic mass is 9.73. The van der Waals surface area contributed by atoms with E-state index in [1.54, 1.807) is 6.42 Å². The van der Waals surface area contributed by atoms with Crippen molar-refractivity contribution < 1.29 is 0 Å². The Labute approximate surface area is 56.0 Å². The summed E-state index contributed by atoms with van der Waals surface area (Å²) in [4.78, 5) is 0. The minimum atomic E-state index is 0.819. The number of rotatable bonds is 0. The lowest BCUT2D eigenvalue weighted by Gasteiger charge is -2.31. The fraction of sp³-hybridized carbons (Fsp3) is 0.778. The molecule has 0 N–H and O–H groups in total. The molecule has 48 valence electrons. The quantitative estimate of drug-likeness (QED) is 0.430. The van der Waals surface area contributed by atoms with Crippen molar-refractivity contribution in [3.8, 4) is 0 Å². The maximum atomic E-state index is 2.49. The molecule has 1 spiro atoms. The van der Waals surface area contributed by atoms with Gasteiger partial charge in [-0.3, -0.25) is 0 Å². The highest BCUT2D eigenvalue weighted by Gasteiger charge is 2.66. The maximum absolute atomic E-state index is 2.49. The molecule has 0 heteroatoms. The molecule has 3 aliphatic rings. The van der Waals surface area contributed by atoms with E-state index in [1.807, 2.05) is 5.57 Å². The van der Waals surface area contributed by atoms with Crippen LogP contribution in [0.15, 0.2) is 11.6 Å². The SMILES string of the molecule is CC1C=C2CCC3CC213. The Morgan fingerprint density at radius 2 is 2.56 bits per heavy atom. The van der Waals surface area contributed by atoms with Gasteiger partial charge >= 0.3 is 0 Å². The van der Waals surface area contributed by atoms with Gasteiger partial charge in [0, 0.05) is 5.41 Å². The zero-order valence-electron chi connectivity index (χ0n) is 5.85. The van der Waals surface area contributed by atoms with Crippen LogP contribution in [0.5, 0.6) is 0 Å². The molecule has 0 aromatic rings. The molecule has 9 heavy (non-hydrogen) atoms. The van der Waals surface area contributed by atoms with E-state index in [0.717, 1.165) is 17.3 Å². The Morgan fingerprint density at radius 1 is 1.67 bits per heavy atom. The zero-order chi connectivity index (χ0) is 6.06. The Morgan fingerprint density at radius 3 is 3.00 bits per heavy atom. The van der Waals surface area contributed by atoms with Crippen LogP contribution < -0.4 is 0 Å². The molecule has 0 bridgehead atoms. The molecule has 2 saturated carbocycles. The Hall–Kier alpha value is -0.260. The third-order valence-corrected chi connectivity index (χ3v) is 3.78. The highest BCUT2D eigenvalue weighted by Crippen LogP contribution is 2.75. The van der Waals surface area contributed by atoms with Crippen molar-refractivity contribution in [2.45, 2.75) is 26.2 Å². The van der Waals surface area contributed by atoms with Gasteiger partial charge in [0.1, 0.15) is 0 Å². The minimum absolute atomic E-state index is 0.819. The fourth-order valence-corrected chi connectivity index (χ4v) is 3.11. The van der Waals surface area contributed by atoms with Crippen molar-refractivity contribution in [2.75, 3.05) is 0 Å². The molecule has 0 radical (unpaired) electrons.